The van der Waals surface area contributed by atoms with Gasteiger partial charge in [-0.05, 0) is 12.1 Å². The Balaban J connectivity index is 3.58. The molecule has 0 spiro atoms. The first-order valence-corrected chi connectivity index (χ1v) is 8.61. The molecule has 0 N–H and O–H groups in total. The minimum Gasteiger partial charge on any atom is -0.495 e. The highest BCUT2D eigenvalue weighted by atomic mass is 35.7. The summed E-state index contributed by atoms with van der Waals surface area (Å²) >= 11 is 0. The molecule has 0 radical (unpaired) electrons. The maximum Gasteiger partial charge on any atom is 0.347 e. The highest BCUT2D eigenvalue weighted by Crippen LogP contribution is 2.26. The van der Waals surface area contributed by atoms with E-state index in [-0.39, 0.29) is 10.6 Å². The maximum absolute atomic E-state index is 12.4. The van der Waals surface area contributed by atoms with Gasteiger partial charge in [0.25, 0.3) is 0 Å². The van der Waals surface area contributed by atoms with Gasteiger partial charge in [0.2, 0.25) is 0 Å². The fourth-order valence-corrected chi connectivity index (χ4v) is 5.05. The molecule has 1 aromatic carbocycles. The lowest BCUT2D eigenvalue weighted by Gasteiger charge is -2.10. The molecule has 0 saturated carbocycles. The van der Waals surface area contributed by atoms with E-state index in [1.807, 2.05) is 0 Å². The minimum atomic E-state index is -4.20. The summed E-state index contributed by atoms with van der Waals surface area (Å²) in [5, 5.41) is 0. The molecule has 0 aliphatic carbocycles. The van der Waals surface area contributed by atoms with Crippen molar-refractivity contribution in [1.82, 2.24) is 0 Å². The Kier molecular flexibility index (Phi) is 4.40. The van der Waals surface area contributed by atoms with E-state index in [1.165, 1.54) is 13.2 Å². The molecular formula is C9H12ClNO4S2. The molecule has 1 rings (SSSR count). The zero-order valence-electron chi connectivity index (χ0n) is 9.29. The van der Waals surface area contributed by atoms with E-state index in [0.717, 1.165) is 0 Å². The smallest absolute Gasteiger partial charge is 0.347 e. The maximum atomic E-state index is 12.4. The van der Waals surface area contributed by atoms with Crippen LogP contribution in [0.2, 0.25) is 0 Å². The number of methoxy groups -OCH3 is 1. The van der Waals surface area contributed by atoms with Gasteiger partial charge >= 0.3 is 9.24 Å². The van der Waals surface area contributed by atoms with Crippen LogP contribution in [0.4, 0.5) is 0 Å². The van der Waals surface area contributed by atoms with Crippen LogP contribution in [0.15, 0.2) is 32.9 Å². The molecule has 0 amide bonds. The number of benzene rings is 1. The molecular weight excluding hydrogens is 286 g/mol. The Bertz CT molecular complexity index is 618. The molecule has 0 aromatic heterocycles. The monoisotopic (exact) mass is 297 g/mol. The summed E-state index contributed by atoms with van der Waals surface area (Å²) in [5.41, 5.74) is 0. The third-order valence-corrected chi connectivity index (χ3v) is 6.00. The molecule has 5 nitrogen and oxygen atoms in total. The van der Waals surface area contributed by atoms with Crippen LogP contribution in [0.3, 0.4) is 0 Å². The van der Waals surface area contributed by atoms with Crippen LogP contribution in [0.5, 0.6) is 5.75 Å². The van der Waals surface area contributed by atoms with Gasteiger partial charge in [-0.1, -0.05) is 22.8 Å². The minimum absolute atomic E-state index is 0.0271. The first-order valence-electron chi connectivity index (χ1n) is 4.66. The number of para-hydroxylation sites is 1. The van der Waals surface area contributed by atoms with Gasteiger partial charge in [-0.2, -0.15) is 8.42 Å². The van der Waals surface area contributed by atoms with E-state index in [2.05, 4.69) is 3.77 Å². The van der Waals surface area contributed by atoms with Crippen LogP contribution in [-0.4, -0.2) is 25.5 Å². The van der Waals surface area contributed by atoms with E-state index >= 15 is 0 Å². The lowest BCUT2D eigenvalue weighted by atomic mass is 10.3. The predicted molar refractivity (Wildman–Crippen MR) is 67.1 cm³/mol. The van der Waals surface area contributed by atoms with Crippen molar-refractivity contribution in [1.29, 1.82) is 0 Å². The molecule has 96 valence electrons. The van der Waals surface area contributed by atoms with Crippen molar-refractivity contribution in [3.05, 3.63) is 24.3 Å². The average molecular weight is 298 g/mol. The van der Waals surface area contributed by atoms with Gasteiger partial charge in [0.05, 0.1) is 21.7 Å². The Hall–Kier alpha value is -0.790. The normalized spacial score (nSPS) is 15.0. The fraction of sp³-hybridized carbons (Fsp3) is 0.333. The third-order valence-electron chi connectivity index (χ3n) is 2.01. The summed E-state index contributed by atoms with van der Waals surface area (Å²) in [6.07, 6.45) is 0. The topological polar surface area (TPSA) is 72.8 Å². The molecule has 1 atom stereocenters. The standard InChI is InChI=1S/C9H12ClNO4S2/c1-3-16(12,11-17(10,13)14)9-7-5-4-6-8(9)15-2/h4-7H,3H2,1-2H3. The quantitative estimate of drug-likeness (QED) is 0.797. The molecule has 0 aliphatic rings. The summed E-state index contributed by atoms with van der Waals surface area (Å²) in [6, 6.07) is 6.41. The Morgan fingerprint density at radius 2 is 1.88 bits per heavy atom. The second-order valence-corrected chi connectivity index (χ2v) is 7.96. The van der Waals surface area contributed by atoms with Crippen molar-refractivity contribution in [3.8, 4) is 5.75 Å². The Labute approximate surface area is 105 Å². The van der Waals surface area contributed by atoms with E-state index in [9.17, 15) is 12.6 Å². The Morgan fingerprint density at radius 1 is 1.29 bits per heavy atom. The molecule has 0 heterocycles. The molecule has 8 heteroatoms. The zero-order chi connectivity index (χ0) is 13.1. The number of hydrogen-bond donors (Lipinski definition) is 0. The second kappa shape index (κ2) is 5.24. The number of halogens is 1. The first kappa shape index (κ1) is 14.3. The molecule has 0 fully saturated rings. The van der Waals surface area contributed by atoms with Crippen LogP contribution in [-0.2, 0) is 19.0 Å². The largest absolute Gasteiger partial charge is 0.495 e. The van der Waals surface area contributed by atoms with Crippen LogP contribution in [0, 0.1) is 0 Å². The van der Waals surface area contributed by atoms with Crippen molar-refractivity contribution < 1.29 is 17.4 Å². The summed E-state index contributed by atoms with van der Waals surface area (Å²) in [5.74, 6) is 0.350. The lowest BCUT2D eigenvalue weighted by Crippen LogP contribution is -2.07. The number of rotatable bonds is 4. The zero-order valence-corrected chi connectivity index (χ0v) is 11.7. The van der Waals surface area contributed by atoms with Gasteiger partial charge in [-0.25, -0.2) is 4.21 Å². The summed E-state index contributed by atoms with van der Waals surface area (Å²) in [6.45, 7) is 1.57. The van der Waals surface area contributed by atoms with Crippen LogP contribution in [0.1, 0.15) is 6.92 Å². The third kappa shape index (κ3) is 3.58. The highest BCUT2D eigenvalue weighted by Gasteiger charge is 2.19. The van der Waals surface area contributed by atoms with Gasteiger partial charge in [0.15, 0.2) is 0 Å². The summed E-state index contributed by atoms with van der Waals surface area (Å²) in [7, 11) is -0.893. The average Bonchev–Trinajstić information content (AvgIpc) is 2.26. The first-order chi connectivity index (χ1) is 7.82. The molecule has 17 heavy (non-hydrogen) atoms. The second-order valence-electron chi connectivity index (χ2n) is 3.07. The van der Waals surface area contributed by atoms with Crippen molar-refractivity contribution in [2.45, 2.75) is 11.8 Å². The van der Waals surface area contributed by atoms with Crippen molar-refractivity contribution in [2.24, 2.45) is 3.77 Å². The highest BCUT2D eigenvalue weighted by molar-refractivity contribution is 8.17. The van der Waals surface area contributed by atoms with Crippen molar-refractivity contribution >= 4 is 29.6 Å². The predicted octanol–water partition coefficient (Wildman–Crippen LogP) is 2.03. The van der Waals surface area contributed by atoms with Gasteiger partial charge in [-0.15, -0.1) is 0 Å². The van der Waals surface area contributed by atoms with E-state index in [0.29, 0.717) is 5.75 Å². The van der Waals surface area contributed by atoms with E-state index < -0.39 is 19.0 Å². The molecule has 0 bridgehead atoms. The number of nitrogens with zero attached hydrogens (tertiary/aromatic N) is 1. The van der Waals surface area contributed by atoms with Gasteiger partial charge in [0, 0.05) is 16.4 Å². The molecule has 0 saturated heterocycles. The Morgan fingerprint density at radius 3 is 2.35 bits per heavy atom. The van der Waals surface area contributed by atoms with E-state index in [4.69, 9.17) is 15.4 Å². The van der Waals surface area contributed by atoms with Gasteiger partial charge in [-0.3, -0.25) is 0 Å². The SMILES string of the molecule is CCS(=O)(=NS(=O)(=O)Cl)c1ccccc1OC. The molecule has 1 aromatic rings. The summed E-state index contributed by atoms with van der Waals surface area (Å²) in [4.78, 5) is 0.231. The van der Waals surface area contributed by atoms with Crippen LogP contribution < -0.4 is 4.74 Å². The van der Waals surface area contributed by atoms with Gasteiger partial charge < -0.3 is 4.74 Å². The summed E-state index contributed by atoms with van der Waals surface area (Å²) < 4.78 is 42.6. The number of hydrogen-bond acceptors (Lipinski definition) is 4. The molecule has 0 aliphatic heterocycles. The number of ether oxygens (including phenoxy) is 1. The fourth-order valence-electron chi connectivity index (χ4n) is 1.27. The van der Waals surface area contributed by atoms with E-state index in [1.54, 1.807) is 25.1 Å². The lowest BCUT2D eigenvalue weighted by molar-refractivity contribution is 0.404. The van der Waals surface area contributed by atoms with Gasteiger partial charge in [0.1, 0.15) is 5.75 Å². The van der Waals surface area contributed by atoms with Crippen LogP contribution >= 0.6 is 10.7 Å². The van der Waals surface area contributed by atoms with Crippen LogP contribution in [0.25, 0.3) is 0 Å². The van der Waals surface area contributed by atoms with Crippen molar-refractivity contribution in [3.63, 3.8) is 0 Å². The molecule has 1 unspecified atom stereocenters. The van der Waals surface area contributed by atoms with Crippen molar-refractivity contribution in [2.75, 3.05) is 12.9 Å².